The van der Waals surface area contributed by atoms with Crippen molar-refractivity contribution in [3.8, 4) is 0 Å². The second-order valence-corrected chi connectivity index (χ2v) is 1.90. The summed E-state index contributed by atoms with van der Waals surface area (Å²) < 4.78 is 4.68. The van der Waals surface area contributed by atoms with Crippen LogP contribution in [0.2, 0.25) is 0 Å². The van der Waals surface area contributed by atoms with Gasteiger partial charge in [0, 0.05) is 0 Å². The number of ether oxygens (including phenoxy) is 1. The van der Waals surface area contributed by atoms with E-state index < -0.39 is 5.97 Å². The van der Waals surface area contributed by atoms with Gasteiger partial charge in [0.25, 0.3) is 0 Å². The summed E-state index contributed by atoms with van der Waals surface area (Å²) in [6.07, 6.45) is 1.34. The normalized spacial score (nSPS) is 8.75. The average molecular weight is 192 g/mol. The van der Waals surface area contributed by atoms with E-state index in [2.05, 4.69) is 14.7 Å². The van der Waals surface area contributed by atoms with Crippen LogP contribution in [-0.2, 0) is 4.74 Å². The Bertz CT molecular complexity index is 261. The molecule has 5 nitrogen and oxygen atoms in total. The van der Waals surface area contributed by atoms with E-state index in [1.807, 2.05) is 0 Å². The van der Waals surface area contributed by atoms with Gasteiger partial charge in [-0.25, -0.2) is 9.78 Å². The molecule has 1 aromatic rings. The van der Waals surface area contributed by atoms with Gasteiger partial charge in [0.1, 0.15) is 5.69 Å². The van der Waals surface area contributed by atoms with Crippen LogP contribution in [0.3, 0.4) is 0 Å². The maximum Gasteiger partial charge on any atom is 0.356 e. The lowest BCUT2D eigenvalue weighted by Gasteiger charge is -1.95. The Kier molecular flexibility index (Phi) is 4.14. The van der Waals surface area contributed by atoms with E-state index in [0.29, 0.717) is 6.61 Å². The summed E-state index contributed by atoms with van der Waals surface area (Å²) in [6.45, 7) is 2.08. The van der Waals surface area contributed by atoms with Crippen molar-refractivity contribution in [2.45, 2.75) is 6.92 Å². The van der Waals surface area contributed by atoms with Gasteiger partial charge in [-0.2, -0.15) is 0 Å². The largest absolute Gasteiger partial charge is 0.461 e. The molecule has 1 rings (SSSR count). The van der Waals surface area contributed by atoms with Crippen LogP contribution in [0.4, 0.5) is 5.95 Å². The molecule has 0 unspecified atom stereocenters. The van der Waals surface area contributed by atoms with Crippen molar-refractivity contribution in [1.29, 1.82) is 0 Å². The molecule has 6 heteroatoms. The predicted octanol–water partition coefficient (Wildman–Crippen LogP) is 0.590. The number of nitrogen functional groups attached to an aromatic ring is 1. The number of aromatic amines is 1. The predicted molar refractivity (Wildman–Crippen MR) is 46.2 cm³/mol. The van der Waals surface area contributed by atoms with Gasteiger partial charge < -0.3 is 15.5 Å². The molecule has 0 aromatic carbocycles. The maximum atomic E-state index is 10.9. The highest BCUT2D eigenvalue weighted by molar-refractivity contribution is 5.87. The summed E-state index contributed by atoms with van der Waals surface area (Å²) in [5.74, 6) is -0.218. The molecule has 68 valence electrons. The minimum Gasteiger partial charge on any atom is -0.461 e. The van der Waals surface area contributed by atoms with Crippen LogP contribution in [-0.4, -0.2) is 22.5 Å². The summed E-state index contributed by atoms with van der Waals surface area (Å²) in [5, 5.41) is 0. The van der Waals surface area contributed by atoms with E-state index in [1.54, 1.807) is 6.92 Å². The van der Waals surface area contributed by atoms with E-state index in [-0.39, 0.29) is 24.0 Å². The van der Waals surface area contributed by atoms with Crippen molar-refractivity contribution in [3.63, 3.8) is 0 Å². The molecular weight excluding hydrogens is 182 g/mol. The molecule has 0 aliphatic heterocycles. The van der Waals surface area contributed by atoms with E-state index >= 15 is 0 Å². The second-order valence-electron chi connectivity index (χ2n) is 1.90. The van der Waals surface area contributed by atoms with Gasteiger partial charge in [0.2, 0.25) is 0 Å². The third kappa shape index (κ3) is 2.43. The Morgan fingerprint density at radius 1 is 1.83 bits per heavy atom. The van der Waals surface area contributed by atoms with Crippen molar-refractivity contribution in [2.75, 3.05) is 12.3 Å². The molecule has 0 bridgehead atoms. The molecule has 0 aliphatic carbocycles. The molecule has 0 atom stereocenters. The van der Waals surface area contributed by atoms with Crippen molar-refractivity contribution in [3.05, 3.63) is 11.9 Å². The number of H-pyrrole nitrogens is 1. The highest BCUT2D eigenvalue weighted by atomic mass is 35.5. The first-order chi connectivity index (χ1) is 5.24. The fourth-order valence-electron chi connectivity index (χ4n) is 0.649. The second kappa shape index (κ2) is 4.61. The molecule has 0 saturated heterocycles. The first-order valence-electron chi connectivity index (χ1n) is 3.21. The molecule has 3 N–H and O–H groups in total. The van der Waals surface area contributed by atoms with Crippen molar-refractivity contribution in [1.82, 2.24) is 9.97 Å². The van der Waals surface area contributed by atoms with Gasteiger partial charge in [-0.3, -0.25) is 0 Å². The van der Waals surface area contributed by atoms with Crippen LogP contribution in [0.15, 0.2) is 6.20 Å². The molecule has 0 amide bonds. The molecule has 0 saturated carbocycles. The van der Waals surface area contributed by atoms with Crippen molar-refractivity contribution >= 4 is 24.3 Å². The standard InChI is InChI=1S/C6H9N3O2.ClH/c1-2-11-5(10)4-3-8-6(7)9-4;/h3H,2H2,1H3,(H3,7,8,9);1H. The van der Waals surface area contributed by atoms with Gasteiger partial charge in [-0.05, 0) is 6.92 Å². The summed E-state index contributed by atoms with van der Waals surface area (Å²) in [5.41, 5.74) is 5.52. The first-order valence-corrected chi connectivity index (χ1v) is 3.21. The SMILES string of the molecule is CCOC(=O)c1cnc(N)[nH]1.Cl. The molecule has 1 aromatic heterocycles. The van der Waals surface area contributed by atoms with Gasteiger partial charge in [-0.1, -0.05) is 0 Å². The fourth-order valence-corrected chi connectivity index (χ4v) is 0.649. The Balaban J connectivity index is 0.00000121. The van der Waals surface area contributed by atoms with Crippen LogP contribution >= 0.6 is 12.4 Å². The number of hydrogen-bond donors (Lipinski definition) is 2. The summed E-state index contributed by atoms with van der Waals surface area (Å²) in [7, 11) is 0. The molecular formula is C6H10ClN3O2. The first kappa shape index (κ1) is 10.8. The monoisotopic (exact) mass is 191 g/mol. The number of carbonyl (C=O) groups is 1. The minimum atomic E-state index is -0.434. The van der Waals surface area contributed by atoms with E-state index in [1.165, 1.54) is 6.20 Å². The summed E-state index contributed by atoms with van der Waals surface area (Å²) in [6, 6.07) is 0. The smallest absolute Gasteiger partial charge is 0.356 e. The number of aromatic nitrogens is 2. The topological polar surface area (TPSA) is 81.0 Å². The Labute approximate surface area is 75.7 Å². The minimum absolute atomic E-state index is 0. The number of nitrogens with one attached hydrogen (secondary N) is 1. The fraction of sp³-hybridized carbons (Fsp3) is 0.333. The van der Waals surface area contributed by atoms with Gasteiger partial charge in [0.15, 0.2) is 5.95 Å². The summed E-state index contributed by atoms with van der Waals surface area (Å²) >= 11 is 0. The zero-order valence-corrected chi connectivity index (χ0v) is 7.35. The van der Waals surface area contributed by atoms with Crippen molar-refractivity contribution < 1.29 is 9.53 Å². The van der Waals surface area contributed by atoms with Gasteiger partial charge in [0.05, 0.1) is 12.8 Å². The summed E-state index contributed by atoms with van der Waals surface area (Å²) in [4.78, 5) is 17.1. The van der Waals surface area contributed by atoms with E-state index in [4.69, 9.17) is 5.73 Å². The van der Waals surface area contributed by atoms with E-state index in [0.717, 1.165) is 0 Å². The van der Waals surface area contributed by atoms with Gasteiger partial charge >= 0.3 is 5.97 Å². The van der Waals surface area contributed by atoms with Gasteiger partial charge in [-0.15, -0.1) is 12.4 Å². The average Bonchev–Trinajstić information content (AvgIpc) is 2.36. The number of nitrogens with two attached hydrogens (primary N) is 1. The Hall–Kier alpha value is -1.23. The van der Waals surface area contributed by atoms with Crippen molar-refractivity contribution in [2.24, 2.45) is 0 Å². The highest BCUT2D eigenvalue weighted by Crippen LogP contribution is 1.99. The van der Waals surface area contributed by atoms with Crippen LogP contribution in [0.25, 0.3) is 0 Å². The molecule has 12 heavy (non-hydrogen) atoms. The van der Waals surface area contributed by atoms with Crippen LogP contribution in [0.5, 0.6) is 0 Å². The molecule has 0 spiro atoms. The Morgan fingerprint density at radius 2 is 2.50 bits per heavy atom. The maximum absolute atomic E-state index is 10.9. The number of anilines is 1. The molecule has 1 heterocycles. The number of esters is 1. The number of rotatable bonds is 2. The lowest BCUT2D eigenvalue weighted by atomic mass is 10.5. The number of imidazole rings is 1. The third-order valence-corrected chi connectivity index (χ3v) is 1.09. The van der Waals surface area contributed by atoms with Crippen LogP contribution < -0.4 is 5.73 Å². The van der Waals surface area contributed by atoms with Crippen LogP contribution in [0.1, 0.15) is 17.4 Å². The zero-order valence-electron chi connectivity index (χ0n) is 6.53. The quantitative estimate of drug-likeness (QED) is 0.671. The van der Waals surface area contributed by atoms with E-state index in [9.17, 15) is 4.79 Å². The number of halogens is 1. The Morgan fingerprint density at radius 3 is 2.92 bits per heavy atom. The lowest BCUT2D eigenvalue weighted by Crippen LogP contribution is -2.04. The zero-order chi connectivity index (χ0) is 8.27. The highest BCUT2D eigenvalue weighted by Gasteiger charge is 2.07. The third-order valence-electron chi connectivity index (χ3n) is 1.09. The van der Waals surface area contributed by atoms with Crippen LogP contribution in [0, 0.1) is 0 Å². The molecule has 0 aliphatic rings. The lowest BCUT2D eigenvalue weighted by molar-refractivity contribution is 0.0520. The molecule has 0 fully saturated rings. The number of nitrogens with zero attached hydrogens (tertiary/aromatic N) is 1. The number of hydrogen-bond acceptors (Lipinski definition) is 4. The molecule has 0 radical (unpaired) electrons. The number of carbonyl (C=O) groups excluding carboxylic acids is 1.